The van der Waals surface area contributed by atoms with Gasteiger partial charge in [-0.2, -0.15) is 0 Å². The molecule has 9 heteroatoms. The van der Waals surface area contributed by atoms with E-state index >= 15 is 0 Å². The largest absolute Gasteiger partial charge is 0.460 e. The van der Waals surface area contributed by atoms with E-state index in [1.165, 1.54) is 0 Å². The molecule has 0 aromatic heterocycles. The number of hydrogen-bond acceptors (Lipinski definition) is 6. The van der Waals surface area contributed by atoms with Gasteiger partial charge in [-0.25, -0.2) is 4.79 Å². The van der Waals surface area contributed by atoms with Gasteiger partial charge in [-0.3, -0.25) is 14.4 Å². The lowest BCUT2D eigenvalue weighted by Crippen LogP contribution is -2.50. The van der Waals surface area contributed by atoms with Crippen molar-refractivity contribution in [1.82, 2.24) is 16.0 Å². The van der Waals surface area contributed by atoms with Crippen LogP contribution in [0, 0.1) is 5.92 Å². The molecule has 1 rings (SSSR count). The van der Waals surface area contributed by atoms with E-state index in [4.69, 9.17) is 9.47 Å². The van der Waals surface area contributed by atoms with Crippen LogP contribution in [0.25, 0.3) is 0 Å². The Balaban J connectivity index is 2.41. The maximum atomic E-state index is 12.4. The highest BCUT2D eigenvalue weighted by atomic mass is 16.6. The van der Waals surface area contributed by atoms with Crippen molar-refractivity contribution in [2.24, 2.45) is 5.92 Å². The third-order valence-electron chi connectivity index (χ3n) is 3.81. The zero-order valence-corrected chi connectivity index (χ0v) is 18.8. The van der Waals surface area contributed by atoms with E-state index in [0.717, 1.165) is 5.56 Å². The normalized spacial score (nSPS) is 11.9. The van der Waals surface area contributed by atoms with Crippen molar-refractivity contribution in [3.05, 3.63) is 35.9 Å². The Bertz CT molecular complexity index is 743. The first-order valence-electron chi connectivity index (χ1n) is 10.2. The summed E-state index contributed by atoms with van der Waals surface area (Å²) in [7, 11) is 0. The third-order valence-corrected chi connectivity index (χ3v) is 3.81. The molecule has 0 saturated heterocycles. The van der Waals surface area contributed by atoms with Crippen LogP contribution in [0.3, 0.4) is 0 Å². The summed E-state index contributed by atoms with van der Waals surface area (Å²) in [6.45, 7) is 8.44. The van der Waals surface area contributed by atoms with Crippen molar-refractivity contribution in [2.45, 2.75) is 59.3 Å². The number of nitrogens with one attached hydrogen (secondary N) is 3. The van der Waals surface area contributed by atoms with E-state index in [1.807, 2.05) is 44.2 Å². The predicted octanol–water partition coefficient (Wildman–Crippen LogP) is 1.90. The molecule has 0 radical (unpaired) electrons. The smallest absolute Gasteiger partial charge is 0.408 e. The number of benzene rings is 1. The number of esters is 1. The standard InChI is InChI=1S/C22H33N3O6/c1-15(2)11-17(25-21(29)31-22(3,4)5)20(28)24-12-18(26)23-13-19(27)30-14-16-9-7-6-8-10-16/h6-10,15,17H,11-14H2,1-5H3,(H,23,26)(H,24,28)(H,25,29)/t17-/m0/s1. The molecule has 0 unspecified atom stereocenters. The van der Waals surface area contributed by atoms with Crippen LogP contribution in [0.5, 0.6) is 0 Å². The summed E-state index contributed by atoms with van der Waals surface area (Å²) in [6, 6.07) is 8.31. The van der Waals surface area contributed by atoms with Gasteiger partial charge in [-0.05, 0) is 38.7 Å². The summed E-state index contributed by atoms with van der Waals surface area (Å²) < 4.78 is 10.3. The molecule has 0 fully saturated rings. The highest BCUT2D eigenvalue weighted by Crippen LogP contribution is 2.09. The van der Waals surface area contributed by atoms with Crippen molar-refractivity contribution in [3.63, 3.8) is 0 Å². The predicted molar refractivity (Wildman–Crippen MR) is 115 cm³/mol. The third kappa shape index (κ3) is 12.2. The lowest BCUT2D eigenvalue weighted by molar-refractivity contribution is -0.145. The van der Waals surface area contributed by atoms with Crippen molar-refractivity contribution in [1.29, 1.82) is 0 Å². The SMILES string of the molecule is CC(C)C[C@H](NC(=O)OC(C)(C)C)C(=O)NCC(=O)NCC(=O)OCc1ccccc1. The van der Waals surface area contributed by atoms with Gasteiger partial charge in [0.05, 0.1) is 6.54 Å². The van der Waals surface area contributed by atoms with Crippen molar-refractivity contribution < 1.29 is 28.7 Å². The van der Waals surface area contributed by atoms with Gasteiger partial charge < -0.3 is 25.4 Å². The number of alkyl carbamates (subject to hydrolysis) is 1. The van der Waals surface area contributed by atoms with Gasteiger partial charge in [0.25, 0.3) is 0 Å². The molecule has 0 heterocycles. The lowest BCUT2D eigenvalue weighted by atomic mass is 10.0. The molecule has 0 bridgehead atoms. The average Bonchev–Trinajstić information content (AvgIpc) is 2.67. The maximum absolute atomic E-state index is 12.4. The monoisotopic (exact) mass is 435 g/mol. The second kappa shape index (κ2) is 12.6. The Morgan fingerprint density at radius 1 is 0.968 bits per heavy atom. The molecule has 0 spiro atoms. The van der Waals surface area contributed by atoms with Gasteiger partial charge in [0.1, 0.15) is 24.8 Å². The zero-order valence-electron chi connectivity index (χ0n) is 18.8. The molecule has 0 aliphatic heterocycles. The van der Waals surface area contributed by atoms with Crippen molar-refractivity contribution in [2.75, 3.05) is 13.1 Å². The molecule has 0 aliphatic carbocycles. The Morgan fingerprint density at radius 2 is 1.61 bits per heavy atom. The fraction of sp³-hybridized carbons (Fsp3) is 0.545. The fourth-order valence-corrected chi connectivity index (χ4v) is 2.47. The highest BCUT2D eigenvalue weighted by molar-refractivity contribution is 5.90. The second-order valence-electron chi connectivity index (χ2n) is 8.47. The first kappa shape index (κ1) is 25.9. The molecule has 31 heavy (non-hydrogen) atoms. The Hall–Kier alpha value is -3.10. The van der Waals surface area contributed by atoms with Crippen LogP contribution in [0.2, 0.25) is 0 Å². The molecule has 1 atom stereocenters. The maximum Gasteiger partial charge on any atom is 0.408 e. The first-order valence-corrected chi connectivity index (χ1v) is 10.2. The molecule has 9 nitrogen and oxygen atoms in total. The number of rotatable bonds is 10. The molecule has 0 aliphatic rings. The van der Waals surface area contributed by atoms with Gasteiger partial charge >= 0.3 is 12.1 Å². The zero-order chi connectivity index (χ0) is 23.4. The van der Waals surface area contributed by atoms with Crippen LogP contribution in [0.15, 0.2) is 30.3 Å². The van der Waals surface area contributed by atoms with Crippen molar-refractivity contribution in [3.8, 4) is 0 Å². The molecule has 3 amide bonds. The van der Waals surface area contributed by atoms with Crippen LogP contribution in [-0.2, 0) is 30.5 Å². The Morgan fingerprint density at radius 3 is 2.19 bits per heavy atom. The van der Waals surface area contributed by atoms with E-state index in [2.05, 4.69) is 16.0 Å². The highest BCUT2D eigenvalue weighted by Gasteiger charge is 2.25. The molecular weight excluding hydrogens is 402 g/mol. The minimum atomic E-state index is -0.849. The van der Waals surface area contributed by atoms with E-state index in [0.29, 0.717) is 6.42 Å². The number of hydrogen-bond donors (Lipinski definition) is 3. The summed E-state index contributed by atoms with van der Waals surface area (Å²) in [4.78, 5) is 48.1. The Labute approximate surface area is 183 Å². The van der Waals surface area contributed by atoms with E-state index in [9.17, 15) is 19.2 Å². The summed E-state index contributed by atoms with van der Waals surface area (Å²) in [5, 5.41) is 7.38. The molecule has 0 saturated carbocycles. The van der Waals surface area contributed by atoms with Crippen LogP contribution in [0.1, 0.15) is 46.6 Å². The summed E-state index contributed by atoms with van der Waals surface area (Å²) >= 11 is 0. The van der Waals surface area contributed by atoms with Gasteiger partial charge in [-0.15, -0.1) is 0 Å². The van der Waals surface area contributed by atoms with Crippen LogP contribution < -0.4 is 16.0 Å². The van der Waals surface area contributed by atoms with Crippen LogP contribution in [-0.4, -0.2) is 48.6 Å². The minimum absolute atomic E-state index is 0.111. The number of carbonyl (C=O) groups is 4. The lowest BCUT2D eigenvalue weighted by Gasteiger charge is -2.24. The van der Waals surface area contributed by atoms with Gasteiger partial charge in [0.15, 0.2) is 0 Å². The molecular formula is C22H33N3O6. The van der Waals surface area contributed by atoms with E-state index in [-0.39, 0.29) is 25.6 Å². The summed E-state index contributed by atoms with van der Waals surface area (Å²) in [5.74, 6) is -1.53. The summed E-state index contributed by atoms with van der Waals surface area (Å²) in [6.07, 6.45) is -0.336. The van der Waals surface area contributed by atoms with Crippen molar-refractivity contribution >= 4 is 23.9 Å². The minimum Gasteiger partial charge on any atom is -0.460 e. The average molecular weight is 436 g/mol. The topological polar surface area (TPSA) is 123 Å². The van der Waals surface area contributed by atoms with Gasteiger partial charge in [0, 0.05) is 0 Å². The number of carbonyl (C=O) groups excluding carboxylic acids is 4. The summed E-state index contributed by atoms with van der Waals surface area (Å²) in [5.41, 5.74) is 0.140. The quantitative estimate of drug-likeness (QED) is 0.483. The molecule has 172 valence electrons. The van der Waals surface area contributed by atoms with E-state index < -0.39 is 35.5 Å². The van der Waals surface area contributed by atoms with Gasteiger partial charge in [-0.1, -0.05) is 44.2 Å². The molecule has 3 N–H and O–H groups in total. The fourth-order valence-electron chi connectivity index (χ4n) is 2.47. The van der Waals surface area contributed by atoms with E-state index in [1.54, 1.807) is 20.8 Å². The van der Waals surface area contributed by atoms with Gasteiger partial charge in [0.2, 0.25) is 11.8 Å². The Kier molecular flexibility index (Phi) is 10.5. The van der Waals surface area contributed by atoms with Crippen LogP contribution in [0.4, 0.5) is 4.79 Å². The molecule has 1 aromatic carbocycles. The molecule has 1 aromatic rings. The van der Waals surface area contributed by atoms with Crippen LogP contribution >= 0.6 is 0 Å². The second-order valence-corrected chi connectivity index (χ2v) is 8.47. The number of ether oxygens (including phenoxy) is 2. The number of amides is 3. The first-order chi connectivity index (χ1) is 14.5.